The molecule has 1 N–H and O–H groups in total. The number of carbonyl (C=O) groups is 1. The normalized spacial score (nSPS) is 21.8. The number of allylic oxidation sites excluding steroid dienone is 4. The van der Waals surface area contributed by atoms with E-state index in [1.54, 1.807) is 24.3 Å². The van der Waals surface area contributed by atoms with Gasteiger partial charge in [-0.15, -0.1) is 13.2 Å². The van der Waals surface area contributed by atoms with Crippen LogP contribution >= 0.6 is 0 Å². The highest BCUT2D eigenvalue weighted by Gasteiger charge is 2.31. The number of nitrogens with zero attached hydrogens (tertiary/aromatic N) is 2. The molecule has 2 aliphatic rings. The van der Waals surface area contributed by atoms with E-state index in [1.165, 1.54) is 6.07 Å². The third-order valence-electron chi connectivity index (χ3n) is 4.80. The summed E-state index contributed by atoms with van der Waals surface area (Å²) in [6.45, 7) is 4.81. The molecule has 0 bridgehead atoms. The maximum absolute atomic E-state index is 12.6. The minimum atomic E-state index is -4.88. The lowest BCUT2D eigenvalue weighted by molar-refractivity contribution is -0.274. The number of morpholine rings is 1. The molecular weight excluding hydrogens is 441 g/mol. The van der Waals surface area contributed by atoms with Crippen LogP contribution in [0.5, 0.6) is 5.75 Å². The van der Waals surface area contributed by atoms with Crippen molar-refractivity contribution < 1.29 is 37.3 Å². The van der Waals surface area contributed by atoms with Crippen molar-refractivity contribution in [3.05, 3.63) is 77.4 Å². The van der Waals surface area contributed by atoms with E-state index in [9.17, 15) is 18.0 Å². The van der Waals surface area contributed by atoms with Gasteiger partial charge in [-0.05, 0) is 48.4 Å². The van der Waals surface area contributed by atoms with E-state index in [0.717, 1.165) is 12.1 Å². The summed E-state index contributed by atoms with van der Waals surface area (Å²) in [6.07, 6.45) is 1.70. The van der Waals surface area contributed by atoms with Gasteiger partial charge in [0, 0.05) is 17.9 Å². The lowest BCUT2D eigenvalue weighted by Gasteiger charge is -2.37. The molecule has 1 aromatic rings. The Morgan fingerprint density at radius 1 is 1.30 bits per heavy atom. The number of ether oxygens (including phenoxy) is 3. The van der Waals surface area contributed by atoms with Crippen molar-refractivity contribution in [1.82, 2.24) is 4.90 Å². The molecule has 0 saturated carbocycles. The van der Waals surface area contributed by atoms with Crippen LogP contribution in [0.4, 0.5) is 13.2 Å². The van der Waals surface area contributed by atoms with Crippen molar-refractivity contribution in [2.75, 3.05) is 13.2 Å². The van der Waals surface area contributed by atoms with Crippen molar-refractivity contribution in [3.63, 3.8) is 0 Å². The van der Waals surface area contributed by atoms with E-state index in [1.807, 2.05) is 11.0 Å². The molecule has 7 nitrogen and oxygen atoms in total. The number of fused-ring (bicyclic) bond motifs is 1. The molecule has 2 aliphatic heterocycles. The number of carboxylic acids is 1. The van der Waals surface area contributed by atoms with Crippen LogP contribution in [0.25, 0.3) is 0 Å². The fraction of sp³-hybridized carbons (Fsp3) is 0.304. The third kappa shape index (κ3) is 6.89. The summed E-state index contributed by atoms with van der Waals surface area (Å²) in [6, 6.07) is 5.37. The number of hydrogen-bond donors (Lipinski definition) is 1. The first-order chi connectivity index (χ1) is 15.6. The van der Waals surface area contributed by atoms with Crippen LogP contribution < -0.4 is 4.74 Å². The van der Waals surface area contributed by atoms with E-state index in [4.69, 9.17) is 19.8 Å². The minimum Gasteiger partial charge on any atom is -0.489 e. The van der Waals surface area contributed by atoms with Crippen LogP contribution in [-0.4, -0.2) is 41.6 Å². The van der Waals surface area contributed by atoms with Crippen LogP contribution in [-0.2, 0) is 20.9 Å². The average molecular weight is 462 g/mol. The fourth-order valence-corrected chi connectivity index (χ4v) is 3.45. The molecule has 1 fully saturated rings. The van der Waals surface area contributed by atoms with Gasteiger partial charge >= 0.3 is 12.3 Å². The first-order valence-corrected chi connectivity index (χ1v) is 9.95. The van der Waals surface area contributed by atoms with Crippen molar-refractivity contribution in [2.24, 2.45) is 0 Å². The third-order valence-corrected chi connectivity index (χ3v) is 4.80. The number of alkyl halides is 3. The highest BCUT2D eigenvalue weighted by atomic mass is 19.4. The number of carboxylic acid groups (broad SMARTS) is 1. The molecule has 1 aromatic carbocycles. The summed E-state index contributed by atoms with van der Waals surface area (Å²) in [5, 5.41) is 18.2. The minimum absolute atomic E-state index is 0.00815. The van der Waals surface area contributed by atoms with Crippen molar-refractivity contribution >= 4 is 5.97 Å². The van der Waals surface area contributed by atoms with Gasteiger partial charge in [-0.25, -0.2) is 0 Å². The highest BCUT2D eigenvalue weighted by molar-refractivity contribution is 5.68. The highest BCUT2D eigenvalue weighted by Crippen LogP contribution is 2.28. The second kappa shape index (κ2) is 10.3. The zero-order valence-corrected chi connectivity index (χ0v) is 17.5. The van der Waals surface area contributed by atoms with Crippen LogP contribution in [0.2, 0.25) is 0 Å². The maximum Gasteiger partial charge on any atom is 0.573 e. The molecule has 0 aliphatic carbocycles. The average Bonchev–Trinajstić information content (AvgIpc) is 2.81. The lowest BCUT2D eigenvalue weighted by Crippen LogP contribution is -2.40. The number of aliphatic carboxylic acids is 1. The summed E-state index contributed by atoms with van der Waals surface area (Å²) < 4.78 is 53.0. The first-order valence-electron chi connectivity index (χ1n) is 9.95. The van der Waals surface area contributed by atoms with E-state index in [2.05, 4.69) is 11.3 Å². The van der Waals surface area contributed by atoms with E-state index < -0.39 is 24.2 Å². The van der Waals surface area contributed by atoms with Gasteiger partial charge in [-0.1, -0.05) is 12.7 Å². The Kier molecular flexibility index (Phi) is 7.45. The fourth-order valence-electron chi connectivity index (χ4n) is 3.45. The number of halogens is 3. The lowest BCUT2D eigenvalue weighted by atomic mass is 10.1. The van der Waals surface area contributed by atoms with E-state index in [0.29, 0.717) is 42.3 Å². The molecule has 1 saturated heterocycles. The molecular formula is C23H21F3N2O5. The number of hydrogen-bond acceptors (Lipinski definition) is 6. The zero-order valence-electron chi connectivity index (χ0n) is 17.5. The van der Waals surface area contributed by atoms with Gasteiger partial charge in [-0.3, -0.25) is 4.79 Å². The topological polar surface area (TPSA) is 92.0 Å². The van der Waals surface area contributed by atoms with E-state index >= 15 is 0 Å². The summed E-state index contributed by atoms with van der Waals surface area (Å²) in [5.41, 5.74) is 1.65. The predicted octanol–water partition coefficient (Wildman–Crippen LogP) is 4.39. The predicted molar refractivity (Wildman–Crippen MR) is 110 cm³/mol. The molecule has 174 valence electrons. The number of rotatable bonds is 6. The van der Waals surface area contributed by atoms with Crippen LogP contribution in [0.1, 0.15) is 24.0 Å². The van der Waals surface area contributed by atoms with Gasteiger partial charge < -0.3 is 24.2 Å². The Hall–Kier alpha value is -3.71. The van der Waals surface area contributed by atoms with Gasteiger partial charge in [0.1, 0.15) is 24.2 Å². The zero-order chi connectivity index (χ0) is 24.0. The van der Waals surface area contributed by atoms with Crippen molar-refractivity contribution in [3.8, 4) is 11.8 Å². The Labute approximate surface area is 188 Å². The largest absolute Gasteiger partial charge is 0.573 e. The van der Waals surface area contributed by atoms with Crippen LogP contribution in [0.15, 0.2) is 66.2 Å². The Balaban J connectivity index is 1.77. The molecule has 1 atom stereocenters. The molecule has 10 heteroatoms. The van der Waals surface area contributed by atoms with Gasteiger partial charge in [0.15, 0.2) is 0 Å². The molecule has 1 unspecified atom stereocenters. The van der Waals surface area contributed by atoms with Crippen LogP contribution in [0, 0.1) is 11.3 Å². The SMILES string of the molecule is C=C1C=C/C(OCc2cc(C#N)cc(OC(F)(F)F)c2)=C\C/C=C2/C(CC(=O)O)OCCN12. The van der Waals surface area contributed by atoms with Crippen LogP contribution in [0.3, 0.4) is 0 Å². The van der Waals surface area contributed by atoms with Gasteiger partial charge in [0.05, 0.1) is 24.7 Å². The first kappa shape index (κ1) is 23.9. The molecule has 0 spiro atoms. The molecule has 0 amide bonds. The van der Waals surface area contributed by atoms with Gasteiger partial charge in [0.2, 0.25) is 0 Å². The summed E-state index contributed by atoms with van der Waals surface area (Å²) in [4.78, 5) is 13.1. The number of nitriles is 1. The van der Waals surface area contributed by atoms with Crippen molar-refractivity contribution in [1.29, 1.82) is 5.26 Å². The molecule has 33 heavy (non-hydrogen) atoms. The molecule has 2 heterocycles. The summed E-state index contributed by atoms with van der Waals surface area (Å²) in [7, 11) is 0. The Morgan fingerprint density at radius 2 is 2.09 bits per heavy atom. The molecule has 0 radical (unpaired) electrons. The second-order valence-electron chi connectivity index (χ2n) is 7.22. The second-order valence-corrected chi connectivity index (χ2v) is 7.22. The summed E-state index contributed by atoms with van der Waals surface area (Å²) in [5.74, 6) is -1.04. The maximum atomic E-state index is 12.6. The van der Waals surface area contributed by atoms with E-state index in [-0.39, 0.29) is 18.6 Å². The summed E-state index contributed by atoms with van der Waals surface area (Å²) >= 11 is 0. The Morgan fingerprint density at radius 3 is 2.79 bits per heavy atom. The monoisotopic (exact) mass is 462 g/mol. The standard InChI is InChI=1S/C23H21F3N2O5/c1-15-5-6-18(3-2-4-20-21(12-22(29)30)31-8-7-28(15)20)32-14-17-9-16(13-27)10-19(11-17)33-23(24,25)26/h3-6,9-11,21H,1-2,7-8,12,14H2,(H,29,30)/b6-5?,18-3+,20-4-. The van der Waals surface area contributed by atoms with Crippen molar-refractivity contribution in [2.45, 2.75) is 31.9 Å². The van der Waals surface area contributed by atoms with Gasteiger partial charge in [0.25, 0.3) is 0 Å². The van der Waals surface area contributed by atoms with Gasteiger partial charge in [-0.2, -0.15) is 5.26 Å². The molecule has 3 rings (SSSR count). The smallest absolute Gasteiger partial charge is 0.489 e. The Bertz CT molecular complexity index is 1050. The quantitative estimate of drug-likeness (QED) is 0.670. The number of benzene rings is 1. The molecule has 0 aromatic heterocycles.